The molecule has 0 aliphatic heterocycles. The predicted octanol–water partition coefficient (Wildman–Crippen LogP) is 4.06. The molecule has 1 atom stereocenters. The molecular weight excluding hydrogens is 246 g/mol. The van der Waals surface area contributed by atoms with Crippen molar-refractivity contribution in [3.63, 3.8) is 0 Å². The molecule has 1 aliphatic carbocycles. The highest BCUT2D eigenvalue weighted by atomic mass is 16.3. The predicted molar refractivity (Wildman–Crippen MR) is 84.3 cm³/mol. The second-order valence-electron chi connectivity index (χ2n) is 6.34. The number of aliphatic hydroxyl groups excluding tert-OH is 1. The molecule has 1 heterocycles. The Balaban J connectivity index is 2.03. The van der Waals surface area contributed by atoms with Gasteiger partial charge in [0, 0.05) is 16.6 Å². The number of nitrogens with one attached hydrogen (secondary N) is 1. The Bertz CT molecular complexity index is 609. The zero-order valence-corrected chi connectivity index (χ0v) is 12.6. The number of hydrogen-bond donors (Lipinski definition) is 2. The van der Waals surface area contributed by atoms with Gasteiger partial charge in [0.15, 0.2) is 0 Å². The molecule has 0 bridgehead atoms. The SMILES string of the molecule is Cc1[nH]c2cc3c(cc2c1CCC(C)O)CCCCC3. The van der Waals surface area contributed by atoms with E-state index in [-0.39, 0.29) is 6.10 Å². The van der Waals surface area contributed by atoms with Gasteiger partial charge in [0.1, 0.15) is 0 Å². The molecule has 1 aromatic carbocycles. The van der Waals surface area contributed by atoms with Gasteiger partial charge in [-0.1, -0.05) is 6.42 Å². The third-order valence-corrected chi connectivity index (χ3v) is 4.64. The maximum atomic E-state index is 9.53. The van der Waals surface area contributed by atoms with Gasteiger partial charge in [-0.05, 0) is 81.2 Å². The number of H-pyrrole nitrogens is 1. The summed E-state index contributed by atoms with van der Waals surface area (Å²) in [6.07, 6.45) is 8.04. The zero-order chi connectivity index (χ0) is 14.1. The van der Waals surface area contributed by atoms with Crippen LogP contribution in [0.2, 0.25) is 0 Å². The van der Waals surface area contributed by atoms with Crippen LogP contribution in [0.4, 0.5) is 0 Å². The van der Waals surface area contributed by atoms with Crippen LogP contribution in [0.5, 0.6) is 0 Å². The number of benzene rings is 1. The molecule has 108 valence electrons. The second-order valence-corrected chi connectivity index (χ2v) is 6.34. The highest BCUT2D eigenvalue weighted by Gasteiger charge is 2.14. The largest absolute Gasteiger partial charge is 0.393 e. The van der Waals surface area contributed by atoms with E-state index in [1.807, 2.05) is 6.92 Å². The monoisotopic (exact) mass is 271 g/mol. The Kier molecular flexibility index (Phi) is 3.84. The fraction of sp³-hybridized carbons (Fsp3) is 0.556. The summed E-state index contributed by atoms with van der Waals surface area (Å²) in [6, 6.07) is 4.78. The molecule has 0 saturated heterocycles. The standard InChI is InChI=1S/C18H25NO/c1-12(20)8-9-16-13(2)19-18-11-15-7-5-3-4-6-14(15)10-17(16)18/h10-12,19-20H,3-9H2,1-2H3. The van der Waals surface area contributed by atoms with Gasteiger partial charge in [-0.2, -0.15) is 0 Å². The molecule has 2 heteroatoms. The summed E-state index contributed by atoms with van der Waals surface area (Å²) in [5.41, 5.74) is 7.03. The van der Waals surface area contributed by atoms with Crippen molar-refractivity contribution in [1.29, 1.82) is 0 Å². The molecule has 1 aromatic heterocycles. The van der Waals surface area contributed by atoms with Crippen molar-refractivity contribution in [2.45, 2.75) is 64.9 Å². The minimum absolute atomic E-state index is 0.222. The molecule has 1 unspecified atom stereocenters. The summed E-state index contributed by atoms with van der Waals surface area (Å²) in [6.45, 7) is 4.03. The first-order valence-electron chi connectivity index (χ1n) is 7.96. The molecule has 2 aromatic rings. The van der Waals surface area contributed by atoms with E-state index in [2.05, 4.69) is 24.0 Å². The summed E-state index contributed by atoms with van der Waals surface area (Å²) in [7, 11) is 0. The molecule has 3 rings (SSSR count). The van der Waals surface area contributed by atoms with Gasteiger partial charge in [0.05, 0.1) is 6.10 Å². The first-order valence-corrected chi connectivity index (χ1v) is 7.96. The van der Waals surface area contributed by atoms with Crippen LogP contribution in [0.25, 0.3) is 10.9 Å². The van der Waals surface area contributed by atoms with Crippen molar-refractivity contribution in [2.75, 3.05) is 0 Å². The van der Waals surface area contributed by atoms with Crippen LogP contribution in [0.15, 0.2) is 12.1 Å². The van der Waals surface area contributed by atoms with Crippen LogP contribution in [0.3, 0.4) is 0 Å². The quantitative estimate of drug-likeness (QED) is 0.811. The minimum atomic E-state index is -0.222. The lowest BCUT2D eigenvalue weighted by Crippen LogP contribution is -2.02. The molecule has 1 aliphatic rings. The average molecular weight is 271 g/mol. The molecule has 0 saturated carbocycles. The van der Waals surface area contributed by atoms with Gasteiger partial charge >= 0.3 is 0 Å². The number of rotatable bonds is 3. The first kappa shape index (κ1) is 13.7. The van der Waals surface area contributed by atoms with Gasteiger partial charge in [0.25, 0.3) is 0 Å². The van der Waals surface area contributed by atoms with Crippen LogP contribution >= 0.6 is 0 Å². The third-order valence-electron chi connectivity index (χ3n) is 4.64. The molecule has 20 heavy (non-hydrogen) atoms. The van der Waals surface area contributed by atoms with E-state index in [1.54, 1.807) is 11.1 Å². The molecular formula is C18H25NO. The Morgan fingerprint density at radius 2 is 1.85 bits per heavy atom. The summed E-state index contributed by atoms with van der Waals surface area (Å²) in [5, 5.41) is 10.9. The fourth-order valence-electron chi connectivity index (χ4n) is 3.47. The normalized spacial score (nSPS) is 16.9. The van der Waals surface area contributed by atoms with E-state index < -0.39 is 0 Å². The molecule has 0 fully saturated rings. The smallest absolute Gasteiger partial charge is 0.0515 e. The summed E-state index contributed by atoms with van der Waals surface area (Å²) < 4.78 is 0. The third kappa shape index (κ3) is 2.62. The van der Waals surface area contributed by atoms with E-state index in [9.17, 15) is 5.11 Å². The van der Waals surface area contributed by atoms with Gasteiger partial charge in [-0.15, -0.1) is 0 Å². The van der Waals surface area contributed by atoms with Crippen molar-refractivity contribution in [3.05, 3.63) is 34.5 Å². The van der Waals surface area contributed by atoms with E-state index >= 15 is 0 Å². The highest BCUT2D eigenvalue weighted by Crippen LogP contribution is 2.30. The van der Waals surface area contributed by atoms with E-state index in [0.717, 1.165) is 12.8 Å². The van der Waals surface area contributed by atoms with Gasteiger partial charge in [-0.3, -0.25) is 0 Å². The summed E-state index contributed by atoms with van der Waals surface area (Å²) in [5.74, 6) is 0. The Hall–Kier alpha value is -1.28. The lowest BCUT2D eigenvalue weighted by Gasteiger charge is -2.08. The van der Waals surface area contributed by atoms with Gasteiger partial charge < -0.3 is 10.1 Å². The highest BCUT2D eigenvalue weighted by molar-refractivity contribution is 5.86. The number of fused-ring (bicyclic) bond motifs is 2. The number of aryl methyl sites for hydroxylation is 4. The Morgan fingerprint density at radius 3 is 2.55 bits per heavy atom. The van der Waals surface area contributed by atoms with Crippen molar-refractivity contribution < 1.29 is 5.11 Å². The number of aliphatic hydroxyl groups is 1. The zero-order valence-electron chi connectivity index (χ0n) is 12.6. The first-order chi connectivity index (χ1) is 9.65. The minimum Gasteiger partial charge on any atom is -0.393 e. The number of aromatic amines is 1. The van der Waals surface area contributed by atoms with Crippen molar-refractivity contribution in [1.82, 2.24) is 4.98 Å². The van der Waals surface area contributed by atoms with E-state index in [1.165, 1.54) is 54.3 Å². The molecule has 0 radical (unpaired) electrons. The molecule has 0 spiro atoms. The van der Waals surface area contributed by atoms with Crippen molar-refractivity contribution in [3.8, 4) is 0 Å². The maximum Gasteiger partial charge on any atom is 0.0515 e. The van der Waals surface area contributed by atoms with Crippen LogP contribution in [-0.4, -0.2) is 16.2 Å². The fourth-order valence-corrected chi connectivity index (χ4v) is 3.47. The lowest BCUT2D eigenvalue weighted by molar-refractivity contribution is 0.185. The van der Waals surface area contributed by atoms with Crippen molar-refractivity contribution in [2.24, 2.45) is 0 Å². The lowest BCUT2D eigenvalue weighted by atomic mass is 9.97. The van der Waals surface area contributed by atoms with Crippen LogP contribution < -0.4 is 0 Å². The summed E-state index contributed by atoms with van der Waals surface area (Å²) >= 11 is 0. The topological polar surface area (TPSA) is 36.0 Å². The Morgan fingerprint density at radius 1 is 1.15 bits per heavy atom. The second kappa shape index (κ2) is 5.61. The Labute approximate surface area is 121 Å². The molecule has 2 nitrogen and oxygen atoms in total. The van der Waals surface area contributed by atoms with Crippen LogP contribution in [0, 0.1) is 6.92 Å². The number of hydrogen-bond acceptors (Lipinski definition) is 1. The van der Waals surface area contributed by atoms with E-state index in [0.29, 0.717) is 0 Å². The van der Waals surface area contributed by atoms with Crippen LogP contribution in [0.1, 0.15) is 55.0 Å². The van der Waals surface area contributed by atoms with Gasteiger partial charge in [-0.25, -0.2) is 0 Å². The maximum absolute atomic E-state index is 9.53. The number of aromatic nitrogens is 1. The average Bonchev–Trinajstić information content (AvgIpc) is 2.58. The van der Waals surface area contributed by atoms with Crippen LogP contribution in [-0.2, 0) is 19.3 Å². The summed E-state index contributed by atoms with van der Waals surface area (Å²) in [4.78, 5) is 3.54. The molecule has 2 N–H and O–H groups in total. The van der Waals surface area contributed by atoms with Crippen molar-refractivity contribution >= 4 is 10.9 Å². The van der Waals surface area contributed by atoms with Gasteiger partial charge in [0.2, 0.25) is 0 Å². The molecule has 0 amide bonds. The van der Waals surface area contributed by atoms with E-state index in [4.69, 9.17) is 0 Å².